The van der Waals surface area contributed by atoms with Crippen LogP contribution in [0.2, 0.25) is 0 Å². The molecule has 2 heterocycles. The van der Waals surface area contributed by atoms with Crippen molar-refractivity contribution >= 4 is 34.1 Å². The second-order valence-corrected chi connectivity index (χ2v) is 11.6. The highest BCUT2D eigenvalue weighted by Crippen LogP contribution is 2.35. The first kappa shape index (κ1) is 25.9. The summed E-state index contributed by atoms with van der Waals surface area (Å²) in [6.07, 6.45) is 10.2. The first-order valence-corrected chi connectivity index (χ1v) is 14.4. The van der Waals surface area contributed by atoms with Gasteiger partial charge in [0.15, 0.2) is 5.11 Å². The van der Waals surface area contributed by atoms with E-state index < -0.39 is 0 Å². The maximum atomic E-state index is 12.4. The number of hydrogen-bond acceptors (Lipinski definition) is 3. The number of rotatable bonds is 6. The minimum absolute atomic E-state index is 0.190. The summed E-state index contributed by atoms with van der Waals surface area (Å²) in [6, 6.07) is 19.1. The van der Waals surface area contributed by atoms with E-state index in [9.17, 15) is 4.79 Å². The van der Waals surface area contributed by atoms with Crippen LogP contribution in [0.5, 0.6) is 0 Å². The molecule has 6 heteroatoms. The van der Waals surface area contributed by atoms with Gasteiger partial charge in [0.1, 0.15) is 0 Å². The number of para-hydroxylation sites is 1. The fourth-order valence-corrected chi connectivity index (χ4v) is 6.53. The second kappa shape index (κ2) is 11.8. The highest BCUT2D eigenvalue weighted by atomic mass is 32.1. The minimum Gasteiger partial charge on any atom is -0.358 e. The monoisotopic (exact) mass is 516 g/mol. The summed E-state index contributed by atoms with van der Waals surface area (Å²) >= 11 is 5.43. The molecule has 0 bridgehead atoms. The van der Waals surface area contributed by atoms with Crippen LogP contribution in [0, 0.1) is 11.8 Å². The predicted octanol–water partition coefficient (Wildman–Crippen LogP) is 6.30. The van der Waals surface area contributed by atoms with Gasteiger partial charge in [0, 0.05) is 54.4 Å². The van der Waals surface area contributed by atoms with Crippen LogP contribution in [0.4, 0.5) is 0 Å². The van der Waals surface area contributed by atoms with E-state index in [4.69, 9.17) is 12.2 Å². The number of thiocarbonyl (C=S) groups is 1. The third kappa shape index (κ3) is 6.07. The maximum Gasteiger partial charge on any atom is 0.257 e. The van der Waals surface area contributed by atoms with Gasteiger partial charge in [-0.05, 0) is 86.3 Å². The molecule has 1 aromatic heterocycles. The lowest BCUT2D eigenvalue weighted by molar-refractivity contribution is 0.0894. The molecule has 2 aliphatic rings. The van der Waals surface area contributed by atoms with Gasteiger partial charge in [-0.2, -0.15) is 0 Å². The summed E-state index contributed by atoms with van der Waals surface area (Å²) in [5.74, 6) is 1.56. The summed E-state index contributed by atoms with van der Waals surface area (Å²) in [5.41, 5.74) is 3.10. The van der Waals surface area contributed by atoms with Crippen molar-refractivity contribution in [1.29, 1.82) is 0 Å². The Bertz CT molecular complexity index is 1200. The summed E-state index contributed by atoms with van der Waals surface area (Å²) in [7, 11) is 0. The summed E-state index contributed by atoms with van der Waals surface area (Å²) in [4.78, 5) is 15.2. The molecule has 0 spiro atoms. The number of likely N-dealkylation sites (tertiary alicyclic amines) is 1. The number of nitrogens with zero attached hydrogens (tertiary/aromatic N) is 2. The number of hydrogen-bond donors (Lipinski definition) is 2. The number of piperidine rings is 1. The number of aromatic nitrogens is 1. The molecule has 196 valence electrons. The highest BCUT2D eigenvalue weighted by molar-refractivity contribution is 7.80. The first-order chi connectivity index (χ1) is 18.0. The van der Waals surface area contributed by atoms with Crippen molar-refractivity contribution in [3.8, 4) is 0 Å². The predicted molar refractivity (Wildman–Crippen MR) is 156 cm³/mol. The van der Waals surface area contributed by atoms with Crippen LogP contribution in [0.15, 0.2) is 60.8 Å². The van der Waals surface area contributed by atoms with Crippen molar-refractivity contribution in [3.63, 3.8) is 0 Å². The molecule has 5 rings (SSSR count). The molecule has 1 aliphatic carbocycles. The Morgan fingerprint density at radius 3 is 2.30 bits per heavy atom. The zero-order chi connectivity index (χ0) is 25.8. The van der Waals surface area contributed by atoms with E-state index in [1.165, 1.54) is 68.1 Å². The smallest absolute Gasteiger partial charge is 0.257 e. The summed E-state index contributed by atoms with van der Waals surface area (Å²) in [5, 5.41) is 7.65. The normalized spacial score (nSPS) is 21.3. The Morgan fingerprint density at radius 2 is 1.59 bits per heavy atom. The van der Waals surface area contributed by atoms with E-state index in [1.807, 2.05) is 18.2 Å². The van der Waals surface area contributed by atoms with Crippen LogP contribution >= 0.6 is 12.2 Å². The average molecular weight is 517 g/mol. The van der Waals surface area contributed by atoms with E-state index >= 15 is 0 Å². The van der Waals surface area contributed by atoms with Crippen molar-refractivity contribution in [2.24, 2.45) is 11.8 Å². The third-order valence-electron chi connectivity index (χ3n) is 8.62. The SMILES string of the molecule is CC(C)C1CCC(N2CCC(n3cc(CNC(=S)NC(=O)c4ccccc4)c4ccccc43)CC2)CC1. The molecule has 1 aliphatic heterocycles. The molecule has 3 aromatic rings. The van der Waals surface area contributed by atoms with E-state index in [1.54, 1.807) is 12.1 Å². The lowest BCUT2D eigenvalue weighted by atomic mass is 9.79. The molecule has 0 atom stereocenters. The standard InChI is InChI=1S/C31H40N4OS/c1-22(2)23-12-14-26(15-13-23)34-18-16-27(17-19-34)35-21-25(28-10-6-7-11-29(28)35)20-32-31(37)33-30(36)24-8-4-3-5-9-24/h3-11,21-23,26-27H,12-20H2,1-2H3,(H2,32,33,36,37). The topological polar surface area (TPSA) is 49.3 Å². The zero-order valence-corrected chi connectivity index (χ0v) is 23.0. The number of benzene rings is 2. The van der Waals surface area contributed by atoms with Gasteiger partial charge in [-0.1, -0.05) is 50.2 Å². The molecule has 1 saturated carbocycles. The first-order valence-electron chi connectivity index (χ1n) is 14.0. The van der Waals surface area contributed by atoms with E-state index in [0.717, 1.165) is 17.9 Å². The Hall–Kier alpha value is -2.70. The fourth-order valence-electron chi connectivity index (χ4n) is 6.37. The number of carbonyl (C=O) groups excluding carboxylic acids is 1. The van der Waals surface area contributed by atoms with Crippen molar-refractivity contribution in [2.45, 2.75) is 71.0 Å². The number of nitrogens with one attached hydrogen (secondary N) is 2. The van der Waals surface area contributed by atoms with Gasteiger partial charge in [0.2, 0.25) is 0 Å². The molecule has 0 unspecified atom stereocenters. The van der Waals surface area contributed by atoms with Gasteiger partial charge >= 0.3 is 0 Å². The van der Waals surface area contributed by atoms with E-state index in [0.29, 0.717) is 23.3 Å². The lowest BCUT2D eigenvalue weighted by Crippen LogP contribution is -2.43. The van der Waals surface area contributed by atoms with Crippen molar-refractivity contribution in [3.05, 3.63) is 71.9 Å². The molecular weight excluding hydrogens is 476 g/mol. The van der Waals surface area contributed by atoms with Crippen LogP contribution in [0.1, 0.15) is 74.3 Å². The van der Waals surface area contributed by atoms with Crippen LogP contribution in [-0.2, 0) is 6.54 Å². The van der Waals surface area contributed by atoms with Crippen LogP contribution in [0.3, 0.4) is 0 Å². The Kier molecular flexibility index (Phi) is 8.26. The van der Waals surface area contributed by atoms with Gasteiger partial charge in [-0.3, -0.25) is 10.1 Å². The Morgan fingerprint density at radius 1 is 0.919 bits per heavy atom. The minimum atomic E-state index is -0.190. The van der Waals surface area contributed by atoms with Gasteiger partial charge in [0.05, 0.1) is 0 Å². The van der Waals surface area contributed by atoms with Crippen molar-refractivity contribution in [2.75, 3.05) is 13.1 Å². The summed E-state index contributed by atoms with van der Waals surface area (Å²) in [6.45, 7) is 7.74. The Balaban J connectivity index is 1.19. The van der Waals surface area contributed by atoms with Crippen LogP contribution in [0.25, 0.3) is 10.9 Å². The lowest BCUT2D eigenvalue weighted by Gasteiger charge is -2.42. The fraction of sp³-hybridized carbons (Fsp3) is 0.484. The quantitative estimate of drug-likeness (QED) is 0.378. The zero-order valence-electron chi connectivity index (χ0n) is 22.2. The van der Waals surface area contributed by atoms with Gasteiger partial charge in [0.25, 0.3) is 5.91 Å². The molecule has 2 N–H and O–H groups in total. The molecular formula is C31H40N4OS. The molecule has 1 saturated heterocycles. The van der Waals surface area contributed by atoms with Crippen LogP contribution in [-0.4, -0.2) is 39.6 Å². The van der Waals surface area contributed by atoms with Crippen molar-refractivity contribution in [1.82, 2.24) is 20.1 Å². The average Bonchev–Trinajstić information content (AvgIpc) is 3.31. The summed E-state index contributed by atoms with van der Waals surface area (Å²) < 4.78 is 2.49. The van der Waals surface area contributed by atoms with E-state index in [2.05, 4.69) is 64.4 Å². The number of fused-ring (bicyclic) bond motifs is 1. The molecule has 2 fully saturated rings. The second-order valence-electron chi connectivity index (χ2n) is 11.2. The highest BCUT2D eigenvalue weighted by Gasteiger charge is 2.30. The van der Waals surface area contributed by atoms with Gasteiger partial charge in [-0.15, -0.1) is 0 Å². The van der Waals surface area contributed by atoms with Crippen LogP contribution < -0.4 is 10.6 Å². The number of amides is 1. The molecule has 1 amide bonds. The van der Waals surface area contributed by atoms with E-state index in [-0.39, 0.29) is 5.91 Å². The van der Waals surface area contributed by atoms with Gasteiger partial charge < -0.3 is 14.8 Å². The third-order valence-corrected chi connectivity index (χ3v) is 8.86. The largest absolute Gasteiger partial charge is 0.358 e. The molecule has 5 nitrogen and oxygen atoms in total. The Labute approximate surface area is 226 Å². The molecule has 0 radical (unpaired) electrons. The molecule has 2 aromatic carbocycles. The maximum absolute atomic E-state index is 12.4. The number of carbonyl (C=O) groups is 1. The van der Waals surface area contributed by atoms with Gasteiger partial charge in [-0.25, -0.2) is 0 Å². The van der Waals surface area contributed by atoms with Crippen molar-refractivity contribution < 1.29 is 4.79 Å². The molecule has 37 heavy (non-hydrogen) atoms.